The monoisotopic (exact) mass is 344 g/mol. The zero-order valence-electron chi connectivity index (χ0n) is 13.9. The van der Waals surface area contributed by atoms with Crippen molar-refractivity contribution in [1.82, 2.24) is 14.9 Å². The third kappa shape index (κ3) is 3.45. The Morgan fingerprint density at radius 3 is 3.17 bits per heavy atom. The lowest BCUT2D eigenvalue weighted by Gasteiger charge is -2.43. The molecule has 2 aromatic rings. The van der Waals surface area contributed by atoms with Crippen molar-refractivity contribution in [1.29, 1.82) is 0 Å². The zero-order chi connectivity index (χ0) is 16.2. The first-order valence-electron chi connectivity index (χ1n) is 8.71. The fraction of sp³-hybridized carbons (Fsp3) is 0.556. The molecule has 2 atom stereocenters. The fourth-order valence-corrected chi connectivity index (χ4v) is 4.72. The lowest BCUT2D eigenvalue weighted by Crippen LogP contribution is -2.49. The smallest absolute Gasteiger partial charge is 0.125 e. The van der Waals surface area contributed by atoms with Crippen molar-refractivity contribution >= 4 is 17.2 Å². The van der Waals surface area contributed by atoms with Gasteiger partial charge in [0.1, 0.15) is 10.8 Å². The molecule has 2 aliphatic rings. The largest absolute Gasteiger partial charge is 0.378 e. The van der Waals surface area contributed by atoms with Crippen LogP contribution in [-0.4, -0.2) is 47.2 Å². The summed E-state index contributed by atoms with van der Waals surface area (Å²) >= 11 is 1.75. The molecule has 5 nitrogen and oxygen atoms in total. The van der Waals surface area contributed by atoms with E-state index in [1.54, 1.807) is 11.3 Å². The van der Waals surface area contributed by atoms with Crippen LogP contribution in [0.3, 0.4) is 0 Å². The van der Waals surface area contributed by atoms with Crippen LogP contribution in [0.5, 0.6) is 0 Å². The average molecular weight is 344 g/mol. The van der Waals surface area contributed by atoms with Crippen molar-refractivity contribution in [2.45, 2.75) is 31.9 Å². The van der Waals surface area contributed by atoms with E-state index in [2.05, 4.69) is 25.6 Å². The molecule has 0 aromatic carbocycles. The van der Waals surface area contributed by atoms with E-state index in [1.807, 2.05) is 30.6 Å². The highest BCUT2D eigenvalue weighted by Gasteiger charge is 2.47. The van der Waals surface area contributed by atoms with Gasteiger partial charge in [0.2, 0.25) is 0 Å². The van der Waals surface area contributed by atoms with Gasteiger partial charge in [0, 0.05) is 49.4 Å². The van der Waals surface area contributed by atoms with Crippen LogP contribution in [0.4, 0.5) is 5.82 Å². The molecule has 0 radical (unpaired) electrons. The van der Waals surface area contributed by atoms with E-state index in [0.29, 0.717) is 6.10 Å². The molecule has 2 aliphatic heterocycles. The summed E-state index contributed by atoms with van der Waals surface area (Å²) in [4.78, 5) is 11.4. The SMILES string of the molecule is c1ccc(NCC[C@@]23CCO[C@@H]2CCN(Cc2nccs2)C3)nc1. The summed E-state index contributed by atoms with van der Waals surface area (Å²) in [6.07, 6.45) is 7.57. The second kappa shape index (κ2) is 7.17. The number of piperidine rings is 1. The van der Waals surface area contributed by atoms with E-state index >= 15 is 0 Å². The standard InChI is InChI=1S/C18H24N4OS/c1-2-7-19-16(3-1)20-8-5-18-6-11-23-15(18)4-10-22(14-18)13-17-21-9-12-24-17/h1-3,7,9,12,15H,4-6,8,10-11,13-14H2,(H,19,20)/t15-,18+/m1/s1. The second-order valence-corrected chi connectivity index (χ2v) is 7.77. The van der Waals surface area contributed by atoms with Crippen molar-refractivity contribution in [3.05, 3.63) is 41.0 Å². The third-order valence-corrected chi connectivity index (χ3v) is 6.05. The summed E-state index contributed by atoms with van der Waals surface area (Å²) in [5, 5.41) is 6.74. The Kier molecular flexibility index (Phi) is 4.78. The third-order valence-electron chi connectivity index (χ3n) is 5.28. The Hall–Kier alpha value is -1.50. The van der Waals surface area contributed by atoms with E-state index in [9.17, 15) is 0 Å². The topological polar surface area (TPSA) is 50.3 Å². The van der Waals surface area contributed by atoms with Gasteiger partial charge in [-0.15, -0.1) is 11.3 Å². The molecule has 4 heterocycles. The normalized spacial score (nSPS) is 27.1. The van der Waals surface area contributed by atoms with Crippen LogP contribution in [0.25, 0.3) is 0 Å². The van der Waals surface area contributed by atoms with Crippen LogP contribution in [0.1, 0.15) is 24.3 Å². The number of pyridine rings is 1. The average Bonchev–Trinajstić information content (AvgIpc) is 3.25. The molecular weight excluding hydrogens is 320 g/mol. The maximum Gasteiger partial charge on any atom is 0.125 e. The zero-order valence-corrected chi connectivity index (χ0v) is 14.7. The number of nitrogens with one attached hydrogen (secondary N) is 1. The number of hydrogen-bond donors (Lipinski definition) is 1. The minimum Gasteiger partial charge on any atom is -0.378 e. The van der Waals surface area contributed by atoms with Crippen LogP contribution in [0, 0.1) is 5.41 Å². The number of thiazole rings is 1. The van der Waals surface area contributed by atoms with Crippen LogP contribution >= 0.6 is 11.3 Å². The highest BCUT2D eigenvalue weighted by atomic mass is 32.1. The fourth-order valence-electron chi connectivity index (χ4n) is 4.07. The molecule has 0 bridgehead atoms. The molecule has 0 unspecified atom stereocenters. The summed E-state index contributed by atoms with van der Waals surface area (Å²) in [5.41, 5.74) is 0.275. The number of nitrogens with zero attached hydrogens (tertiary/aromatic N) is 3. The molecule has 0 aliphatic carbocycles. The Morgan fingerprint density at radius 2 is 2.33 bits per heavy atom. The predicted molar refractivity (Wildman–Crippen MR) is 96.1 cm³/mol. The van der Waals surface area contributed by atoms with Gasteiger partial charge in [-0.1, -0.05) is 6.07 Å². The van der Waals surface area contributed by atoms with E-state index in [0.717, 1.165) is 57.9 Å². The van der Waals surface area contributed by atoms with E-state index in [1.165, 1.54) is 5.01 Å². The number of aromatic nitrogens is 2. The van der Waals surface area contributed by atoms with Crippen molar-refractivity contribution in [3.63, 3.8) is 0 Å². The summed E-state index contributed by atoms with van der Waals surface area (Å²) in [5.74, 6) is 0.958. The highest BCUT2D eigenvalue weighted by molar-refractivity contribution is 7.09. The number of ether oxygens (including phenoxy) is 1. The van der Waals surface area contributed by atoms with Crippen molar-refractivity contribution in [2.75, 3.05) is 31.6 Å². The maximum atomic E-state index is 6.06. The first-order valence-corrected chi connectivity index (χ1v) is 9.59. The molecule has 0 saturated carbocycles. The van der Waals surface area contributed by atoms with Crippen molar-refractivity contribution < 1.29 is 4.74 Å². The Balaban J connectivity index is 1.38. The Morgan fingerprint density at radius 1 is 1.33 bits per heavy atom. The van der Waals surface area contributed by atoms with Gasteiger partial charge < -0.3 is 10.1 Å². The summed E-state index contributed by atoms with van der Waals surface area (Å²) in [6, 6.07) is 5.99. The molecule has 0 spiro atoms. The first kappa shape index (κ1) is 16.0. The minimum absolute atomic E-state index is 0.275. The predicted octanol–water partition coefficient (Wildman–Crippen LogP) is 3.02. The summed E-state index contributed by atoms with van der Waals surface area (Å²) in [7, 11) is 0. The van der Waals surface area contributed by atoms with Gasteiger partial charge in [-0.2, -0.15) is 0 Å². The molecule has 2 saturated heterocycles. The molecule has 1 N–H and O–H groups in total. The van der Waals surface area contributed by atoms with Crippen molar-refractivity contribution in [3.8, 4) is 0 Å². The van der Waals surface area contributed by atoms with E-state index in [-0.39, 0.29) is 5.41 Å². The van der Waals surface area contributed by atoms with Gasteiger partial charge in [0.05, 0.1) is 12.6 Å². The summed E-state index contributed by atoms with van der Waals surface area (Å²) < 4.78 is 6.06. The number of anilines is 1. The second-order valence-electron chi connectivity index (χ2n) is 6.79. The molecular formula is C18H24N4OS. The van der Waals surface area contributed by atoms with E-state index in [4.69, 9.17) is 4.74 Å². The number of hydrogen-bond acceptors (Lipinski definition) is 6. The number of rotatable bonds is 6. The van der Waals surface area contributed by atoms with Crippen LogP contribution < -0.4 is 5.32 Å². The number of fused-ring (bicyclic) bond motifs is 1. The quantitative estimate of drug-likeness (QED) is 0.873. The minimum atomic E-state index is 0.275. The van der Waals surface area contributed by atoms with Crippen molar-refractivity contribution in [2.24, 2.45) is 5.41 Å². The molecule has 24 heavy (non-hydrogen) atoms. The van der Waals surface area contributed by atoms with Crippen LogP contribution in [-0.2, 0) is 11.3 Å². The highest BCUT2D eigenvalue weighted by Crippen LogP contribution is 2.43. The van der Waals surface area contributed by atoms with Gasteiger partial charge in [0.25, 0.3) is 0 Å². The van der Waals surface area contributed by atoms with Crippen LogP contribution in [0.2, 0.25) is 0 Å². The van der Waals surface area contributed by atoms with Gasteiger partial charge >= 0.3 is 0 Å². The lowest BCUT2D eigenvalue weighted by molar-refractivity contribution is -0.0228. The number of likely N-dealkylation sites (tertiary alicyclic amines) is 1. The first-order chi connectivity index (χ1) is 11.8. The molecule has 6 heteroatoms. The molecule has 0 amide bonds. The van der Waals surface area contributed by atoms with Crippen LogP contribution in [0.15, 0.2) is 36.0 Å². The summed E-state index contributed by atoms with van der Waals surface area (Å²) in [6.45, 7) is 5.04. The molecule has 128 valence electrons. The van der Waals surface area contributed by atoms with Gasteiger partial charge in [0.15, 0.2) is 0 Å². The van der Waals surface area contributed by atoms with Gasteiger partial charge in [-0.3, -0.25) is 4.90 Å². The van der Waals surface area contributed by atoms with E-state index < -0.39 is 0 Å². The van der Waals surface area contributed by atoms with Gasteiger partial charge in [-0.05, 0) is 31.4 Å². The lowest BCUT2D eigenvalue weighted by atomic mass is 9.74. The molecule has 4 rings (SSSR count). The Labute approximate surface area is 147 Å². The van der Waals surface area contributed by atoms with Gasteiger partial charge in [-0.25, -0.2) is 9.97 Å². The molecule has 2 fully saturated rings. The maximum absolute atomic E-state index is 6.06. The Bertz CT molecular complexity index is 636. The molecule has 2 aromatic heterocycles.